The van der Waals surface area contributed by atoms with E-state index in [0.29, 0.717) is 5.25 Å². The molecule has 1 saturated heterocycles. The zero-order valence-corrected chi connectivity index (χ0v) is 12.6. The molecule has 0 bridgehead atoms. The van der Waals surface area contributed by atoms with Crippen LogP contribution >= 0.6 is 23.1 Å². The first-order valence-electron chi connectivity index (χ1n) is 6.30. The number of hydrogen-bond donors (Lipinski definition) is 1. The summed E-state index contributed by atoms with van der Waals surface area (Å²) in [4.78, 5) is 7.11. The van der Waals surface area contributed by atoms with Gasteiger partial charge in [0.25, 0.3) is 0 Å². The molecule has 1 N–H and O–H groups in total. The van der Waals surface area contributed by atoms with Gasteiger partial charge in [0.05, 0.1) is 12.3 Å². The van der Waals surface area contributed by atoms with E-state index >= 15 is 0 Å². The summed E-state index contributed by atoms with van der Waals surface area (Å²) < 4.78 is 5.00. The molecule has 1 atom stereocenters. The summed E-state index contributed by atoms with van der Waals surface area (Å²) in [5, 5.41) is 7.36. The molecule has 102 valence electrons. The Morgan fingerprint density at radius 3 is 3.28 bits per heavy atom. The molecule has 1 aliphatic heterocycles. The summed E-state index contributed by atoms with van der Waals surface area (Å²) in [6.07, 6.45) is 0. The van der Waals surface area contributed by atoms with Crippen molar-refractivity contribution in [2.45, 2.75) is 18.7 Å². The number of thioether (sulfide) groups is 1. The maximum absolute atomic E-state index is 5.00. The predicted molar refractivity (Wildman–Crippen MR) is 79.8 cm³/mol. The molecule has 1 aromatic rings. The predicted octanol–water partition coefficient (Wildman–Crippen LogP) is 1.82. The van der Waals surface area contributed by atoms with Crippen LogP contribution in [-0.2, 0) is 11.3 Å². The second-order valence-corrected chi connectivity index (χ2v) is 6.80. The van der Waals surface area contributed by atoms with Gasteiger partial charge in [0.2, 0.25) is 0 Å². The quantitative estimate of drug-likeness (QED) is 0.808. The van der Waals surface area contributed by atoms with Crippen LogP contribution in [0.15, 0.2) is 5.38 Å². The minimum absolute atomic E-state index is 0.714. The lowest BCUT2D eigenvalue weighted by Gasteiger charge is -2.30. The first kappa shape index (κ1) is 14.1. The highest BCUT2D eigenvalue weighted by molar-refractivity contribution is 8.00. The lowest BCUT2D eigenvalue weighted by Crippen LogP contribution is -2.36. The third-order valence-corrected chi connectivity index (χ3v) is 4.93. The molecule has 1 unspecified atom stereocenters. The summed E-state index contributed by atoms with van der Waals surface area (Å²) in [6, 6.07) is 0. The second kappa shape index (κ2) is 7.33. The molecule has 1 aliphatic rings. The van der Waals surface area contributed by atoms with Crippen molar-refractivity contribution in [2.75, 3.05) is 44.0 Å². The van der Waals surface area contributed by atoms with Crippen LogP contribution in [0.25, 0.3) is 0 Å². The maximum Gasteiger partial charge on any atom is 0.185 e. The highest BCUT2D eigenvalue weighted by atomic mass is 32.2. The van der Waals surface area contributed by atoms with Crippen LogP contribution in [0.1, 0.15) is 12.6 Å². The third kappa shape index (κ3) is 4.12. The van der Waals surface area contributed by atoms with Crippen molar-refractivity contribution in [3.63, 3.8) is 0 Å². The van der Waals surface area contributed by atoms with E-state index in [1.807, 2.05) is 0 Å². The summed E-state index contributed by atoms with van der Waals surface area (Å²) >= 11 is 3.81. The molecule has 6 heteroatoms. The van der Waals surface area contributed by atoms with Crippen molar-refractivity contribution >= 4 is 28.2 Å². The third-order valence-electron chi connectivity index (χ3n) is 2.84. The summed E-state index contributed by atoms with van der Waals surface area (Å²) in [5.74, 6) is 1.21. The van der Waals surface area contributed by atoms with E-state index in [2.05, 4.69) is 34.3 Å². The molecular weight excluding hydrogens is 266 g/mol. The molecule has 0 radical (unpaired) electrons. The van der Waals surface area contributed by atoms with Crippen molar-refractivity contribution in [2.24, 2.45) is 0 Å². The van der Waals surface area contributed by atoms with Crippen molar-refractivity contribution in [3.05, 3.63) is 11.1 Å². The maximum atomic E-state index is 5.00. The largest absolute Gasteiger partial charge is 0.383 e. The molecule has 2 rings (SSSR count). The van der Waals surface area contributed by atoms with Gasteiger partial charge in [-0.05, 0) is 0 Å². The lowest BCUT2D eigenvalue weighted by atomic mass is 10.4. The Labute approximate surface area is 117 Å². The number of methoxy groups -OCH3 is 1. The van der Waals surface area contributed by atoms with E-state index in [4.69, 9.17) is 9.72 Å². The average molecular weight is 287 g/mol. The molecule has 0 aliphatic carbocycles. The van der Waals surface area contributed by atoms with Crippen LogP contribution in [0.2, 0.25) is 0 Å². The first-order chi connectivity index (χ1) is 8.79. The molecule has 2 heterocycles. The monoisotopic (exact) mass is 287 g/mol. The van der Waals surface area contributed by atoms with E-state index < -0.39 is 0 Å². The van der Waals surface area contributed by atoms with Crippen LogP contribution in [0.3, 0.4) is 0 Å². The van der Waals surface area contributed by atoms with Crippen molar-refractivity contribution < 1.29 is 4.74 Å². The number of thiazole rings is 1. The smallest absolute Gasteiger partial charge is 0.185 e. The molecule has 0 amide bonds. The number of rotatable bonds is 6. The molecule has 1 fully saturated rings. The Balaban J connectivity index is 1.81. The van der Waals surface area contributed by atoms with Gasteiger partial charge in [-0.3, -0.25) is 0 Å². The fraction of sp³-hybridized carbons (Fsp3) is 0.750. The molecule has 0 saturated carbocycles. The topological polar surface area (TPSA) is 37.4 Å². The fourth-order valence-electron chi connectivity index (χ4n) is 1.91. The first-order valence-corrected chi connectivity index (χ1v) is 8.23. The highest BCUT2D eigenvalue weighted by Gasteiger charge is 2.19. The van der Waals surface area contributed by atoms with Gasteiger partial charge < -0.3 is 15.0 Å². The number of nitrogens with one attached hydrogen (secondary N) is 1. The van der Waals surface area contributed by atoms with Crippen LogP contribution in [0.5, 0.6) is 0 Å². The Morgan fingerprint density at radius 1 is 1.61 bits per heavy atom. The Kier molecular flexibility index (Phi) is 5.75. The number of nitrogens with zero attached hydrogens (tertiary/aromatic N) is 2. The second-order valence-electron chi connectivity index (χ2n) is 4.42. The van der Waals surface area contributed by atoms with E-state index in [-0.39, 0.29) is 0 Å². The lowest BCUT2D eigenvalue weighted by molar-refractivity contribution is 0.199. The van der Waals surface area contributed by atoms with E-state index in [9.17, 15) is 0 Å². The van der Waals surface area contributed by atoms with E-state index in [1.165, 1.54) is 10.9 Å². The van der Waals surface area contributed by atoms with E-state index in [1.54, 1.807) is 18.4 Å². The highest BCUT2D eigenvalue weighted by Crippen LogP contribution is 2.26. The molecule has 0 aromatic carbocycles. The number of aromatic nitrogens is 1. The van der Waals surface area contributed by atoms with Crippen LogP contribution in [-0.4, -0.2) is 49.3 Å². The van der Waals surface area contributed by atoms with Crippen LogP contribution in [0.4, 0.5) is 5.13 Å². The van der Waals surface area contributed by atoms with Crippen molar-refractivity contribution in [1.82, 2.24) is 10.3 Å². The number of anilines is 1. The number of hydrogen-bond acceptors (Lipinski definition) is 6. The fourth-order valence-corrected chi connectivity index (χ4v) is 3.78. The standard InChI is InChI=1S/C12H21N3OS2/c1-10-8-15(4-6-17-10)12-14-11(9-18-12)7-13-3-5-16-2/h9-10,13H,3-8H2,1-2H3. The van der Waals surface area contributed by atoms with Gasteiger partial charge in [0, 0.05) is 49.7 Å². The SMILES string of the molecule is COCCNCc1csc(N2CCSC(C)C2)n1. The summed E-state index contributed by atoms with van der Waals surface area (Å²) in [5.41, 5.74) is 1.14. The van der Waals surface area contributed by atoms with Gasteiger partial charge in [-0.15, -0.1) is 11.3 Å². The van der Waals surface area contributed by atoms with Gasteiger partial charge >= 0.3 is 0 Å². The molecule has 4 nitrogen and oxygen atoms in total. The zero-order chi connectivity index (χ0) is 12.8. The summed E-state index contributed by atoms with van der Waals surface area (Å²) in [7, 11) is 1.72. The zero-order valence-electron chi connectivity index (χ0n) is 11.0. The molecular formula is C12H21N3OS2. The Morgan fingerprint density at radius 2 is 2.50 bits per heavy atom. The molecule has 0 spiro atoms. The van der Waals surface area contributed by atoms with Gasteiger partial charge in [-0.25, -0.2) is 4.98 Å². The van der Waals surface area contributed by atoms with Crippen molar-refractivity contribution in [3.8, 4) is 0 Å². The summed E-state index contributed by atoms with van der Waals surface area (Å²) in [6.45, 7) is 6.99. The van der Waals surface area contributed by atoms with Gasteiger partial charge in [0.1, 0.15) is 0 Å². The van der Waals surface area contributed by atoms with Crippen LogP contribution in [0, 0.1) is 0 Å². The van der Waals surface area contributed by atoms with Gasteiger partial charge in [-0.2, -0.15) is 11.8 Å². The minimum atomic E-state index is 0.714. The van der Waals surface area contributed by atoms with Gasteiger partial charge in [-0.1, -0.05) is 6.92 Å². The Bertz CT molecular complexity index is 359. The minimum Gasteiger partial charge on any atom is -0.383 e. The number of ether oxygens (including phenoxy) is 1. The van der Waals surface area contributed by atoms with Crippen molar-refractivity contribution in [1.29, 1.82) is 0 Å². The van der Waals surface area contributed by atoms with Crippen LogP contribution < -0.4 is 10.2 Å². The molecule has 18 heavy (non-hydrogen) atoms. The van der Waals surface area contributed by atoms with Gasteiger partial charge in [0.15, 0.2) is 5.13 Å². The molecule has 1 aromatic heterocycles. The average Bonchev–Trinajstić information content (AvgIpc) is 2.83. The Hall–Kier alpha value is -0.300. The van der Waals surface area contributed by atoms with E-state index in [0.717, 1.165) is 38.5 Å². The normalized spacial score (nSPS) is 20.3.